The van der Waals surface area contributed by atoms with Crippen molar-refractivity contribution in [3.05, 3.63) is 30.3 Å². The van der Waals surface area contributed by atoms with Crippen LogP contribution in [0, 0.1) is 0 Å². The summed E-state index contributed by atoms with van der Waals surface area (Å²) in [6.45, 7) is 0.174. The number of unbranched alkanes of at least 4 members (excludes halogenated alkanes) is 1. The SMILES string of the molecule is O=P(O)(COCCCCS(=O)(=O)O)c1ccccc1. The Morgan fingerprint density at radius 3 is 2.37 bits per heavy atom. The first kappa shape index (κ1) is 16.3. The van der Waals surface area contributed by atoms with E-state index in [0.29, 0.717) is 11.7 Å². The van der Waals surface area contributed by atoms with Gasteiger partial charge < -0.3 is 9.63 Å². The van der Waals surface area contributed by atoms with E-state index in [1.165, 1.54) is 0 Å². The molecule has 1 unspecified atom stereocenters. The van der Waals surface area contributed by atoms with E-state index in [9.17, 15) is 17.9 Å². The molecule has 2 N–H and O–H groups in total. The Balaban J connectivity index is 2.28. The summed E-state index contributed by atoms with van der Waals surface area (Å²) in [5, 5.41) is 0.327. The molecule has 6 nitrogen and oxygen atoms in total. The van der Waals surface area contributed by atoms with Gasteiger partial charge in [-0.25, -0.2) is 0 Å². The first-order chi connectivity index (χ1) is 8.81. The van der Waals surface area contributed by atoms with Gasteiger partial charge >= 0.3 is 0 Å². The third-order valence-electron chi connectivity index (χ3n) is 2.37. The molecule has 0 aliphatic carbocycles. The molecular formula is C11H17O6PS. The highest BCUT2D eigenvalue weighted by atomic mass is 32.2. The fourth-order valence-corrected chi connectivity index (χ4v) is 3.14. The first-order valence-corrected chi connectivity index (χ1v) is 9.17. The highest BCUT2D eigenvalue weighted by Gasteiger charge is 2.20. The standard InChI is InChI=1S/C11H17O6PS/c12-18(13,11-6-2-1-3-7-11)10-17-8-4-5-9-19(14,15)16/h1-3,6-7H,4-5,8-10H2,(H,12,13)(H,14,15,16). The van der Waals surface area contributed by atoms with Crippen molar-refractivity contribution in [1.29, 1.82) is 0 Å². The van der Waals surface area contributed by atoms with Gasteiger partial charge in [0, 0.05) is 11.9 Å². The third-order valence-corrected chi connectivity index (χ3v) is 4.81. The molecule has 0 radical (unpaired) electrons. The van der Waals surface area contributed by atoms with Gasteiger partial charge in [-0.1, -0.05) is 18.2 Å². The van der Waals surface area contributed by atoms with Crippen molar-refractivity contribution in [2.75, 3.05) is 18.7 Å². The Kier molecular flexibility index (Phi) is 6.16. The molecule has 0 saturated carbocycles. The zero-order valence-electron chi connectivity index (χ0n) is 10.3. The van der Waals surface area contributed by atoms with Crippen LogP contribution in [0.1, 0.15) is 12.8 Å². The molecule has 0 aliphatic heterocycles. The lowest BCUT2D eigenvalue weighted by molar-refractivity contribution is 0.166. The monoisotopic (exact) mass is 308 g/mol. The Hall–Kier alpha value is -0.720. The highest BCUT2D eigenvalue weighted by molar-refractivity contribution is 7.85. The molecule has 0 aromatic heterocycles. The first-order valence-electron chi connectivity index (χ1n) is 5.72. The van der Waals surface area contributed by atoms with Crippen molar-refractivity contribution in [2.45, 2.75) is 12.8 Å². The van der Waals surface area contributed by atoms with Crippen LogP contribution in [0.5, 0.6) is 0 Å². The quantitative estimate of drug-likeness (QED) is 0.425. The average Bonchev–Trinajstić information content (AvgIpc) is 2.33. The van der Waals surface area contributed by atoms with Gasteiger partial charge in [-0.05, 0) is 25.0 Å². The van der Waals surface area contributed by atoms with Gasteiger partial charge in [-0.15, -0.1) is 0 Å². The summed E-state index contributed by atoms with van der Waals surface area (Å²) in [5.74, 6) is -0.328. The molecule has 8 heteroatoms. The summed E-state index contributed by atoms with van der Waals surface area (Å²) in [4.78, 5) is 9.77. The van der Waals surface area contributed by atoms with Crippen LogP contribution in [0.3, 0.4) is 0 Å². The molecular weight excluding hydrogens is 291 g/mol. The van der Waals surface area contributed by atoms with Gasteiger partial charge in [0.1, 0.15) is 6.35 Å². The number of rotatable bonds is 8. The van der Waals surface area contributed by atoms with Crippen LogP contribution in [0.2, 0.25) is 0 Å². The number of hydrogen-bond donors (Lipinski definition) is 2. The normalized spacial score (nSPS) is 15.1. The fourth-order valence-electron chi connectivity index (χ4n) is 1.41. The van der Waals surface area contributed by atoms with E-state index in [2.05, 4.69) is 0 Å². The van der Waals surface area contributed by atoms with Gasteiger partial charge in [-0.2, -0.15) is 8.42 Å². The van der Waals surface area contributed by atoms with E-state index >= 15 is 0 Å². The molecule has 0 heterocycles. The van der Waals surface area contributed by atoms with Gasteiger partial charge in [0.15, 0.2) is 0 Å². The topological polar surface area (TPSA) is 101 Å². The van der Waals surface area contributed by atoms with Crippen molar-refractivity contribution in [1.82, 2.24) is 0 Å². The molecule has 0 aliphatic rings. The Morgan fingerprint density at radius 1 is 1.16 bits per heavy atom. The maximum absolute atomic E-state index is 11.9. The zero-order valence-corrected chi connectivity index (χ0v) is 12.0. The molecule has 1 aromatic carbocycles. The van der Waals surface area contributed by atoms with Crippen LogP contribution in [0.4, 0.5) is 0 Å². The lowest BCUT2D eigenvalue weighted by atomic mass is 10.4. The smallest absolute Gasteiger partial charge is 0.264 e. The van der Waals surface area contributed by atoms with E-state index in [-0.39, 0.29) is 25.1 Å². The largest absolute Gasteiger partial charge is 0.371 e. The van der Waals surface area contributed by atoms with Crippen molar-refractivity contribution in [2.24, 2.45) is 0 Å². The van der Waals surface area contributed by atoms with E-state index < -0.39 is 17.5 Å². The van der Waals surface area contributed by atoms with Gasteiger partial charge in [0.05, 0.1) is 5.75 Å². The minimum atomic E-state index is -3.94. The molecule has 1 rings (SSSR count). The summed E-state index contributed by atoms with van der Waals surface area (Å²) >= 11 is 0. The van der Waals surface area contributed by atoms with Crippen molar-refractivity contribution < 1.29 is 27.2 Å². The second-order valence-electron chi connectivity index (χ2n) is 4.07. The molecule has 0 fully saturated rings. The van der Waals surface area contributed by atoms with Gasteiger partial charge in [0.2, 0.25) is 0 Å². The highest BCUT2D eigenvalue weighted by Crippen LogP contribution is 2.38. The van der Waals surface area contributed by atoms with Crippen molar-refractivity contribution >= 4 is 22.8 Å². The zero-order chi connectivity index (χ0) is 14.4. The third kappa shape index (κ3) is 6.84. The Morgan fingerprint density at radius 2 is 1.79 bits per heavy atom. The number of benzene rings is 1. The van der Waals surface area contributed by atoms with E-state index in [0.717, 1.165) is 0 Å². The number of ether oxygens (including phenoxy) is 1. The molecule has 108 valence electrons. The van der Waals surface area contributed by atoms with Gasteiger partial charge in [0.25, 0.3) is 17.5 Å². The Bertz CT molecular complexity index is 527. The second-order valence-corrected chi connectivity index (χ2v) is 7.82. The number of hydrogen-bond acceptors (Lipinski definition) is 4. The lowest BCUT2D eigenvalue weighted by Gasteiger charge is -2.12. The van der Waals surface area contributed by atoms with E-state index in [1.807, 2.05) is 0 Å². The average molecular weight is 308 g/mol. The van der Waals surface area contributed by atoms with Crippen LogP contribution in [0.25, 0.3) is 0 Å². The minimum Gasteiger partial charge on any atom is -0.371 e. The molecule has 0 amide bonds. The van der Waals surface area contributed by atoms with Crippen LogP contribution in [-0.2, 0) is 19.4 Å². The van der Waals surface area contributed by atoms with Crippen LogP contribution in [0.15, 0.2) is 30.3 Å². The summed E-state index contributed by atoms with van der Waals surface area (Å²) in [7, 11) is -7.46. The molecule has 19 heavy (non-hydrogen) atoms. The van der Waals surface area contributed by atoms with Crippen LogP contribution in [-0.4, -0.2) is 36.6 Å². The predicted molar refractivity (Wildman–Crippen MR) is 72.4 cm³/mol. The summed E-state index contributed by atoms with van der Waals surface area (Å²) < 4.78 is 46.4. The molecule has 0 bridgehead atoms. The van der Waals surface area contributed by atoms with Crippen molar-refractivity contribution in [3.63, 3.8) is 0 Å². The predicted octanol–water partition coefficient (Wildman–Crippen LogP) is 1.22. The molecule has 0 spiro atoms. The summed E-state index contributed by atoms with van der Waals surface area (Å²) in [6.07, 6.45) is 0.345. The Labute approximate surface area is 112 Å². The van der Waals surface area contributed by atoms with Crippen LogP contribution >= 0.6 is 7.37 Å². The molecule has 1 aromatic rings. The van der Waals surface area contributed by atoms with E-state index in [1.54, 1.807) is 30.3 Å². The maximum atomic E-state index is 11.9. The van der Waals surface area contributed by atoms with Crippen LogP contribution < -0.4 is 5.30 Å². The van der Waals surface area contributed by atoms with Gasteiger partial charge in [-0.3, -0.25) is 9.12 Å². The summed E-state index contributed by atoms with van der Waals surface area (Å²) in [5.41, 5.74) is 0. The maximum Gasteiger partial charge on any atom is 0.264 e. The van der Waals surface area contributed by atoms with E-state index in [4.69, 9.17) is 9.29 Å². The van der Waals surface area contributed by atoms with Crippen molar-refractivity contribution in [3.8, 4) is 0 Å². The molecule has 0 saturated heterocycles. The lowest BCUT2D eigenvalue weighted by Crippen LogP contribution is -2.10. The second kappa shape index (κ2) is 7.17. The minimum absolute atomic E-state index is 0.174. The summed E-state index contributed by atoms with van der Waals surface area (Å²) in [6, 6.07) is 8.21. The molecule has 1 atom stereocenters. The fraction of sp³-hybridized carbons (Fsp3) is 0.455.